The molecule has 0 saturated carbocycles. The smallest absolute Gasteiger partial charge is 0.135 e. The fourth-order valence-electron chi connectivity index (χ4n) is 10.1. The Morgan fingerprint density at radius 1 is 0.310 bits per heavy atom. The topological polar surface area (TPSA) is 13.1 Å². The molecule has 0 saturated heterocycles. The first-order valence-corrected chi connectivity index (χ1v) is 20.3. The third-order valence-electron chi connectivity index (χ3n) is 12.9. The van der Waals surface area contributed by atoms with Gasteiger partial charge in [-0.2, -0.15) is 0 Å². The van der Waals surface area contributed by atoms with E-state index in [0.717, 1.165) is 21.9 Å². The number of hydrogen-bond donors (Lipinski definition) is 0. The van der Waals surface area contributed by atoms with Crippen molar-refractivity contribution in [2.75, 3.05) is 0 Å². The summed E-state index contributed by atoms with van der Waals surface area (Å²) in [6.45, 7) is 4.72. The van der Waals surface area contributed by atoms with E-state index in [1.165, 1.54) is 99.1 Å². The molecule has 0 unspecified atom stereocenters. The molecule has 0 aliphatic heterocycles. The van der Waals surface area contributed by atoms with E-state index in [1.807, 2.05) is 0 Å². The Bertz CT molecular complexity index is 3410. The first-order chi connectivity index (χ1) is 28.5. The Balaban J connectivity index is 1.04. The van der Waals surface area contributed by atoms with Gasteiger partial charge in [0.05, 0.1) is 0 Å². The van der Waals surface area contributed by atoms with Gasteiger partial charge in [0.15, 0.2) is 0 Å². The van der Waals surface area contributed by atoms with E-state index in [9.17, 15) is 0 Å². The highest BCUT2D eigenvalue weighted by molar-refractivity contribution is 6.23. The zero-order valence-corrected chi connectivity index (χ0v) is 32.4. The molecule has 1 heteroatoms. The van der Waals surface area contributed by atoms with Crippen LogP contribution in [0, 0.1) is 0 Å². The van der Waals surface area contributed by atoms with Crippen LogP contribution in [0.2, 0.25) is 0 Å². The quantitative estimate of drug-likeness (QED) is 0.164. The molecule has 0 bridgehead atoms. The van der Waals surface area contributed by atoms with E-state index in [2.05, 4.69) is 208 Å². The average Bonchev–Trinajstić information content (AvgIpc) is 3.76. The fourth-order valence-corrected chi connectivity index (χ4v) is 10.1. The Kier molecular flexibility index (Phi) is 7.04. The van der Waals surface area contributed by atoms with E-state index in [1.54, 1.807) is 0 Å². The molecule has 12 rings (SSSR count). The summed E-state index contributed by atoms with van der Waals surface area (Å²) in [7, 11) is 0. The summed E-state index contributed by atoms with van der Waals surface area (Å²) in [5.41, 5.74) is 17.0. The zero-order chi connectivity index (χ0) is 38.5. The molecular weight excluding hydrogens is 701 g/mol. The molecule has 1 aromatic heterocycles. The van der Waals surface area contributed by atoms with Gasteiger partial charge in [-0.25, -0.2) is 0 Å². The lowest BCUT2D eigenvalue weighted by molar-refractivity contribution is 0.661. The molecule has 0 atom stereocenters. The van der Waals surface area contributed by atoms with Crippen molar-refractivity contribution >= 4 is 54.3 Å². The first kappa shape index (κ1) is 33.0. The molecule has 0 fully saturated rings. The van der Waals surface area contributed by atoms with Crippen molar-refractivity contribution in [2.24, 2.45) is 0 Å². The molecule has 1 heterocycles. The maximum atomic E-state index is 6.54. The van der Waals surface area contributed by atoms with Crippen LogP contribution in [0.3, 0.4) is 0 Å². The third-order valence-corrected chi connectivity index (χ3v) is 12.9. The highest BCUT2D eigenvalue weighted by Gasteiger charge is 2.36. The Labute approximate surface area is 337 Å². The maximum absolute atomic E-state index is 6.54. The van der Waals surface area contributed by atoms with Crippen LogP contribution in [-0.4, -0.2) is 0 Å². The molecule has 0 amide bonds. The molecule has 1 nitrogen and oxygen atoms in total. The van der Waals surface area contributed by atoms with Crippen molar-refractivity contribution in [3.63, 3.8) is 0 Å². The first-order valence-electron chi connectivity index (χ1n) is 20.3. The number of furan rings is 1. The van der Waals surface area contributed by atoms with Gasteiger partial charge >= 0.3 is 0 Å². The SMILES string of the molecule is CC1(C)c2ccc(-c3ccc4oc5ccc(-c6c7ccccc7c(-c7ccccc7-c7ccccc7)c7ccccc67)cc5c4c3)cc2-c2c1ccc1ccccc21. The van der Waals surface area contributed by atoms with Crippen molar-refractivity contribution in [2.45, 2.75) is 19.3 Å². The Morgan fingerprint density at radius 2 is 0.828 bits per heavy atom. The van der Waals surface area contributed by atoms with Crippen molar-refractivity contribution in [1.82, 2.24) is 0 Å². The van der Waals surface area contributed by atoms with E-state index in [-0.39, 0.29) is 5.41 Å². The van der Waals surface area contributed by atoms with Crippen molar-refractivity contribution in [1.29, 1.82) is 0 Å². The van der Waals surface area contributed by atoms with Crippen LogP contribution in [0.15, 0.2) is 199 Å². The van der Waals surface area contributed by atoms with Gasteiger partial charge in [-0.1, -0.05) is 178 Å². The monoisotopic (exact) mass is 738 g/mol. The molecular formula is C57H38O. The second-order valence-electron chi connectivity index (χ2n) is 16.4. The Hall–Kier alpha value is -7.22. The van der Waals surface area contributed by atoms with Crippen LogP contribution < -0.4 is 0 Å². The van der Waals surface area contributed by atoms with Crippen LogP contribution in [0.1, 0.15) is 25.0 Å². The summed E-state index contributed by atoms with van der Waals surface area (Å²) >= 11 is 0. The molecule has 0 radical (unpaired) electrons. The van der Waals surface area contributed by atoms with E-state index in [4.69, 9.17) is 4.42 Å². The molecule has 0 spiro atoms. The average molecular weight is 739 g/mol. The van der Waals surface area contributed by atoms with Crippen molar-refractivity contribution in [3.05, 3.63) is 205 Å². The van der Waals surface area contributed by atoms with Gasteiger partial charge in [0.25, 0.3) is 0 Å². The lowest BCUT2D eigenvalue weighted by atomic mass is 9.82. The van der Waals surface area contributed by atoms with Gasteiger partial charge in [0.2, 0.25) is 0 Å². The minimum Gasteiger partial charge on any atom is -0.456 e. The highest BCUT2D eigenvalue weighted by atomic mass is 16.3. The van der Waals surface area contributed by atoms with Crippen LogP contribution in [0.5, 0.6) is 0 Å². The van der Waals surface area contributed by atoms with Crippen LogP contribution in [0.25, 0.3) is 110 Å². The lowest BCUT2D eigenvalue weighted by Crippen LogP contribution is -2.14. The summed E-state index contributed by atoms with van der Waals surface area (Å²) in [5, 5.41) is 9.82. The lowest BCUT2D eigenvalue weighted by Gasteiger charge is -2.21. The molecule has 272 valence electrons. The number of hydrogen-bond acceptors (Lipinski definition) is 1. The summed E-state index contributed by atoms with van der Waals surface area (Å²) < 4.78 is 6.54. The predicted octanol–water partition coefficient (Wildman–Crippen LogP) is 16.0. The minimum atomic E-state index is -0.0633. The van der Waals surface area contributed by atoms with Crippen LogP contribution in [-0.2, 0) is 5.41 Å². The van der Waals surface area contributed by atoms with Crippen molar-refractivity contribution < 1.29 is 4.42 Å². The van der Waals surface area contributed by atoms with E-state index < -0.39 is 0 Å². The summed E-state index contributed by atoms with van der Waals surface area (Å²) in [6.07, 6.45) is 0. The second-order valence-corrected chi connectivity index (χ2v) is 16.4. The van der Waals surface area contributed by atoms with E-state index >= 15 is 0 Å². The third kappa shape index (κ3) is 4.77. The van der Waals surface area contributed by atoms with Crippen molar-refractivity contribution in [3.8, 4) is 55.6 Å². The van der Waals surface area contributed by atoms with Gasteiger partial charge in [-0.15, -0.1) is 0 Å². The van der Waals surface area contributed by atoms with Gasteiger partial charge < -0.3 is 4.42 Å². The molecule has 0 N–H and O–H groups in total. The number of benzene rings is 10. The molecule has 10 aromatic carbocycles. The van der Waals surface area contributed by atoms with E-state index in [0.29, 0.717) is 0 Å². The predicted molar refractivity (Wildman–Crippen MR) is 246 cm³/mol. The van der Waals surface area contributed by atoms with Gasteiger partial charge in [0, 0.05) is 16.2 Å². The second kappa shape index (κ2) is 12.4. The summed E-state index contributed by atoms with van der Waals surface area (Å²) in [4.78, 5) is 0. The molecule has 11 aromatic rings. The molecule has 1 aliphatic rings. The molecule has 58 heavy (non-hydrogen) atoms. The fraction of sp³-hybridized carbons (Fsp3) is 0.0526. The van der Waals surface area contributed by atoms with Crippen LogP contribution >= 0.6 is 0 Å². The summed E-state index contributed by atoms with van der Waals surface area (Å²) in [6, 6.07) is 71.3. The summed E-state index contributed by atoms with van der Waals surface area (Å²) in [5.74, 6) is 0. The van der Waals surface area contributed by atoms with Gasteiger partial charge in [-0.05, 0) is 129 Å². The normalized spacial score (nSPS) is 13.1. The zero-order valence-electron chi connectivity index (χ0n) is 32.4. The number of fused-ring (bicyclic) bond motifs is 10. The van der Waals surface area contributed by atoms with Crippen LogP contribution in [0.4, 0.5) is 0 Å². The van der Waals surface area contributed by atoms with Gasteiger partial charge in [0.1, 0.15) is 11.2 Å². The Morgan fingerprint density at radius 3 is 1.53 bits per heavy atom. The molecule has 1 aliphatic carbocycles. The standard InChI is InChI=1S/C57H38O/c1-57(2)50-28-25-37(33-49(50)56-41-18-7-6-16-36(41)24-29-51(56)57)38-26-30-52-47(32-38)48-34-39(27-31-53(48)58-52)54-43-20-10-12-22-45(43)55(46-23-13-11-21-44(46)54)42-19-9-8-17-40(42)35-14-4-3-5-15-35/h3-34H,1-2H3. The minimum absolute atomic E-state index is 0.0633. The largest absolute Gasteiger partial charge is 0.456 e. The van der Waals surface area contributed by atoms with Gasteiger partial charge in [-0.3, -0.25) is 0 Å². The number of rotatable bonds is 4. The maximum Gasteiger partial charge on any atom is 0.135 e. The highest BCUT2D eigenvalue weighted by Crippen LogP contribution is 2.52.